The SMILES string of the molecule is COC(=O)C1=C(Nc2cccc(OCc3cccc(F)c3)c2)C(=O)N(CCO)C1. The van der Waals surface area contributed by atoms with Gasteiger partial charge < -0.3 is 24.8 Å². The highest BCUT2D eigenvalue weighted by atomic mass is 19.1. The summed E-state index contributed by atoms with van der Waals surface area (Å²) in [7, 11) is 1.24. The number of hydrogen-bond donors (Lipinski definition) is 2. The number of β-amino-alcohol motifs (C(OH)–C–C–N with tert-alkyl or cyclic N) is 1. The maximum absolute atomic E-state index is 13.3. The van der Waals surface area contributed by atoms with Crippen molar-refractivity contribution >= 4 is 17.6 Å². The number of aliphatic hydroxyl groups excluding tert-OH is 1. The number of nitrogens with one attached hydrogen (secondary N) is 1. The van der Waals surface area contributed by atoms with Crippen LogP contribution in [0.2, 0.25) is 0 Å². The molecule has 0 aliphatic carbocycles. The molecule has 0 spiro atoms. The molecule has 2 aromatic carbocycles. The maximum Gasteiger partial charge on any atom is 0.337 e. The third-order valence-electron chi connectivity index (χ3n) is 4.35. The quantitative estimate of drug-likeness (QED) is 0.660. The number of halogens is 1. The van der Waals surface area contributed by atoms with Crippen LogP contribution in [-0.4, -0.2) is 48.7 Å². The number of amides is 1. The van der Waals surface area contributed by atoms with Gasteiger partial charge in [0, 0.05) is 18.3 Å². The van der Waals surface area contributed by atoms with Crippen LogP contribution in [0.3, 0.4) is 0 Å². The van der Waals surface area contributed by atoms with Crippen molar-refractivity contribution in [3.63, 3.8) is 0 Å². The molecule has 2 N–H and O–H groups in total. The second-order valence-electron chi connectivity index (χ2n) is 6.37. The lowest BCUT2D eigenvalue weighted by atomic mass is 10.2. The Morgan fingerprint density at radius 3 is 2.76 bits per heavy atom. The first-order chi connectivity index (χ1) is 14.0. The summed E-state index contributed by atoms with van der Waals surface area (Å²) in [5.41, 5.74) is 1.52. The third kappa shape index (κ3) is 4.91. The topological polar surface area (TPSA) is 88.1 Å². The van der Waals surface area contributed by atoms with Crippen molar-refractivity contribution in [3.8, 4) is 5.75 Å². The molecule has 29 heavy (non-hydrogen) atoms. The average Bonchev–Trinajstić information content (AvgIpc) is 3.02. The van der Waals surface area contributed by atoms with Crippen molar-refractivity contribution in [2.24, 2.45) is 0 Å². The molecule has 7 nitrogen and oxygen atoms in total. The van der Waals surface area contributed by atoms with E-state index in [4.69, 9.17) is 14.6 Å². The number of ether oxygens (including phenoxy) is 2. The normalized spacial score (nSPS) is 13.6. The van der Waals surface area contributed by atoms with E-state index < -0.39 is 11.9 Å². The summed E-state index contributed by atoms with van der Waals surface area (Å²) in [5, 5.41) is 12.1. The van der Waals surface area contributed by atoms with Gasteiger partial charge in [-0.15, -0.1) is 0 Å². The van der Waals surface area contributed by atoms with E-state index in [1.165, 1.54) is 24.1 Å². The van der Waals surface area contributed by atoms with Crippen LogP contribution in [0.25, 0.3) is 0 Å². The summed E-state index contributed by atoms with van der Waals surface area (Å²) in [6, 6.07) is 13.0. The van der Waals surface area contributed by atoms with Crippen LogP contribution in [0.1, 0.15) is 5.56 Å². The fraction of sp³-hybridized carbons (Fsp3) is 0.238. The van der Waals surface area contributed by atoms with Gasteiger partial charge in [0.1, 0.15) is 23.9 Å². The molecule has 1 heterocycles. The minimum Gasteiger partial charge on any atom is -0.489 e. The lowest BCUT2D eigenvalue weighted by Gasteiger charge is -2.15. The van der Waals surface area contributed by atoms with E-state index in [1.807, 2.05) is 0 Å². The van der Waals surface area contributed by atoms with E-state index in [0.29, 0.717) is 17.0 Å². The molecule has 8 heteroatoms. The van der Waals surface area contributed by atoms with E-state index >= 15 is 0 Å². The summed E-state index contributed by atoms with van der Waals surface area (Å²) in [5.74, 6) is -0.835. The molecule has 0 bridgehead atoms. The van der Waals surface area contributed by atoms with Crippen LogP contribution in [-0.2, 0) is 20.9 Å². The first kappa shape index (κ1) is 20.3. The van der Waals surface area contributed by atoms with E-state index in [2.05, 4.69) is 5.32 Å². The molecule has 152 valence electrons. The van der Waals surface area contributed by atoms with Crippen LogP contribution in [0.5, 0.6) is 5.75 Å². The summed E-state index contributed by atoms with van der Waals surface area (Å²) in [4.78, 5) is 26.0. The van der Waals surface area contributed by atoms with Crippen LogP contribution in [0.15, 0.2) is 59.8 Å². The molecule has 0 aromatic heterocycles. The zero-order valence-electron chi connectivity index (χ0n) is 15.9. The minimum atomic E-state index is -0.611. The van der Waals surface area contributed by atoms with Crippen molar-refractivity contribution in [1.29, 1.82) is 0 Å². The monoisotopic (exact) mass is 400 g/mol. The highest BCUT2D eigenvalue weighted by Crippen LogP contribution is 2.25. The molecule has 1 aliphatic heterocycles. The maximum atomic E-state index is 13.3. The molecule has 0 atom stereocenters. The van der Waals surface area contributed by atoms with Crippen molar-refractivity contribution in [1.82, 2.24) is 4.90 Å². The second kappa shape index (κ2) is 9.20. The number of carbonyl (C=O) groups is 2. The first-order valence-corrected chi connectivity index (χ1v) is 8.97. The number of esters is 1. The second-order valence-corrected chi connectivity index (χ2v) is 6.37. The molecule has 0 unspecified atom stereocenters. The lowest BCUT2D eigenvalue weighted by molar-refractivity contribution is -0.136. The standard InChI is InChI=1S/C21H21FN2O5/c1-28-21(27)18-12-24(8-9-25)20(26)19(18)23-16-6-3-7-17(11-16)29-13-14-4-2-5-15(22)10-14/h2-7,10-11,23,25H,8-9,12-13H2,1H3. The molecule has 0 saturated carbocycles. The first-order valence-electron chi connectivity index (χ1n) is 8.97. The molecule has 2 aromatic rings. The minimum absolute atomic E-state index is 0.0597. The van der Waals surface area contributed by atoms with Gasteiger partial charge in [-0.1, -0.05) is 18.2 Å². The van der Waals surface area contributed by atoms with Gasteiger partial charge in [0.2, 0.25) is 0 Å². The van der Waals surface area contributed by atoms with Crippen LogP contribution >= 0.6 is 0 Å². The Balaban J connectivity index is 1.75. The van der Waals surface area contributed by atoms with Gasteiger partial charge in [-0.2, -0.15) is 0 Å². The number of carbonyl (C=O) groups excluding carboxylic acids is 2. The number of rotatable bonds is 8. The van der Waals surface area contributed by atoms with Crippen LogP contribution in [0.4, 0.5) is 10.1 Å². The fourth-order valence-electron chi connectivity index (χ4n) is 2.95. The summed E-state index contributed by atoms with van der Waals surface area (Å²) >= 11 is 0. The zero-order chi connectivity index (χ0) is 20.8. The molecule has 1 aliphatic rings. The molecule has 1 amide bonds. The predicted octanol–water partition coefficient (Wildman–Crippen LogP) is 2.08. The molecule has 3 rings (SSSR count). The Kier molecular flexibility index (Phi) is 6.46. The Labute approximate surface area is 167 Å². The number of benzene rings is 2. The fourth-order valence-corrected chi connectivity index (χ4v) is 2.95. The van der Waals surface area contributed by atoms with Gasteiger partial charge in [0.05, 0.1) is 25.8 Å². The molecule has 0 saturated heterocycles. The lowest BCUT2D eigenvalue weighted by Crippen LogP contribution is -2.31. The van der Waals surface area contributed by atoms with Gasteiger partial charge in [-0.05, 0) is 29.8 Å². The van der Waals surface area contributed by atoms with Crippen molar-refractivity contribution < 1.29 is 28.6 Å². The van der Waals surface area contributed by atoms with Crippen molar-refractivity contribution in [2.45, 2.75) is 6.61 Å². The van der Waals surface area contributed by atoms with Gasteiger partial charge >= 0.3 is 5.97 Å². The molecular formula is C21H21FN2O5. The summed E-state index contributed by atoms with van der Waals surface area (Å²) < 4.78 is 23.7. The Morgan fingerprint density at radius 1 is 1.24 bits per heavy atom. The predicted molar refractivity (Wildman–Crippen MR) is 104 cm³/mol. The number of anilines is 1. The highest BCUT2D eigenvalue weighted by Gasteiger charge is 2.34. The van der Waals surface area contributed by atoms with Gasteiger partial charge in [-0.25, -0.2) is 9.18 Å². The van der Waals surface area contributed by atoms with Crippen LogP contribution in [0, 0.1) is 5.82 Å². The Hall–Kier alpha value is -3.39. The Morgan fingerprint density at radius 2 is 2.03 bits per heavy atom. The van der Waals surface area contributed by atoms with Crippen molar-refractivity contribution in [3.05, 3.63) is 71.2 Å². The van der Waals surface area contributed by atoms with Gasteiger partial charge in [0.25, 0.3) is 5.91 Å². The summed E-state index contributed by atoms with van der Waals surface area (Å²) in [6.07, 6.45) is 0. The number of aliphatic hydroxyl groups is 1. The van der Waals surface area contributed by atoms with E-state index in [-0.39, 0.29) is 43.4 Å². The number of hydrogen-bond acceptors (Lipinski definition) is 6. The third-order valence-corrected chi connectivity index (χ3v) is 4.35. The van der Waals surface area contributed by atoms with Crippen LogP contribution < -0.4 is 10.1 Å². The smallest absolute Gasteiger partial charge is 0.337 e. The van der Waals surface area contributed by atoms with Gasteiger partial charge in [-0.3, -0.25) is 4.79 Å². The van der Waals surface area contributed by atoms with E-state index in [9.17, 15) is 14.0 Å². The molecule has 0 radical (unpaired) electrons. The molecular weight excluding hydrogens is 379 g/mol. The Bertz CT molecular complexity index is 944. The van der Waals surface area contributed by atoms with Gasteiger partial charge in [0.15, 0.2) is 0 Å². The highest BCUT2D eigenvalue weighted by molar-refractivity contribution is 6.08. The van der Waals surface area contributed by atoms with E-state index in [1.54, 1.807) is 36.4 Å². The number of methoxy groups -OCH3 is 1. The largest absolute Gasteiger partial charge is 0.489 e. The van der Waals surface area contributed by atoms with E-state index in [0.717, 1.165) is 0 Å². The average molecular weight is 400 g/mol. The van der Waals surface area contributed by atoms with Crippen molar-refractivity contribution in [2.75, 3.05) is 32.1 Å². The molecule has 0 fully saturated rings. The summed E-state index contributed by atoms with van der Waals surface area (Å²) in [6.45, 7) is 0.142. The number of nitrogens with zero attached hydrogens (tertiary/aromatic N) is 1. The zero-order valence-corrected chi connectivity index (χ0v) is 15.9.